The zero-order valence-electron chi connectivity index (χ0n) is 14.7. The fourth-order valence-corrected chi connectivity index (χ4v) is 4.03. The van der Waals surface area contributed by atoms with Crippen molar-refractivity contribution >= 4 is 33.3 Å². The minimum atomic E-state index is 0.824. The van der Waals surface area contributed by atoms with Gasteiger partial charge >= 0.3 is 0 Å². The van der Waals surface area contributed by atoms with Crippen LogP contribution >= 0.6 is 11.5 Å². The second-order valence-electron chi connectivity index (χ2n) is 6.24. The van der Waals surface area contributed by atoms with E-state index < -0.39 is 0 Å². The molecule has 1 aromatic carbocycles. The van der Waals surface area contributed by atoms with E-state index in [1.54, 1.807) is 7.11 Å². The largest absolute Gasteiger partial charge is 0.494 e. The number of benzene rings is 1. The molecular formula is C18H21N5OS. The Bertz CT molecular complexity index is 902. The molecule has 0 spiro atoms. The molecule has 1 saturated heterocycles. The first-order chi connectivity index (χ1) is 12.2. The van der Waals surface area contributed by atoms with Gasteiger partial charge in [0.15, 0.2) is 0 Å². The van der Waals surface area contributed by atoms with E-state index >= 15 is 0 Å². The lowest BCUT2D eigenvalue weighted by Gasteiger charge is -2.36. The lowest BCUT2D eigenvalue weighted by molar-refractivity contribution is 0.419. The number of pyridine rings is 1. The summed E-state index contributed by atoms with van der Waals surface area (Å²) < 4.78 is 9.79. The predicted octanol–water partition coefficient (Wildman–Crippen LogP) is 3.04. The first-order valence-corrected chi connectivity index (χ1v) is 9.17. The third-order valence-electron chi connectivity index (χ3n) is 4.54. The molecule has 3 heterocycles. The SMILES string of the molecule is COc1cccc2c(N3CCN(c4nc(C)ns4)CC3)cc(C)nc12. The van der Waals surface area contributed by atoms with Crippen LogP contribution in [0, 0.1) is 13.8 Å². The van der Waals surface area contributed by atoms with E-state index in [2.05, 4.69) is 36.3 Å². The van der Waals surface area contributed by atoms with Gasteiger partial charge in [-0.25, -0.2) is 9.97 Å². The van der Waals surface area contributed by atoms with Gasteiger partial charge in [0, 0.05) is 54.5 Å². The Labute approximate surface area is 151 Å². The van der Waals surface area contributed by atoms with Crippen LogP contribution in [0.3, 0.4) is 0 Å². The number of anilines is 2. The van der Waals surface area contributed by atoms with Crippen LogP contribution in [0.4, 0.5) is 10.8 Å². The van der Waals surface area contributed by atoms with E-state index in [-0.39, 0.29) is 0 Å². The summed E-state index contributed by atoms with van der Waals surface area (Å²) in [5.74, 6) is 1.68. The lowest BCUT2D eigenvalue weighted by atomic mass is 10.1. The zero-order chi connectivity index (χ0) is 17.4. The number of hydrogen-bond donors (Lipinski definition) is 0. The van der Waals surface area contributed by atoms with Crippen LogP contribution in [0.1, 0.15) is 11.5 Å². The molecule has 3 aromatic rings. The summed E-state index contributed by atoms with van der Waals surface area (Å²) in [6, 6.07) is 8.29. The minimum absolute atomic E-state index is 0.824. The van der Waals surface area contributed by atoms with E-state index in [1.165, 1.54) is 17.2 Å². The Morgan fingerprint density at radius 1 is 1.04 bits per heavy atom. The molecule has 0 bridgehead atoms. The van der Waals surface area contributed by atoms with Gasteiger partial charge in [-0.1, -0.05) is 12.1 Å². The van der Waals surface area contributed by atoms with Crippen LogP contribution in [0.2, 0.25) is 0 Å². The first kappa shape index (κ1) is 16.1. The van der Waals surface area contributed by atoms with Crippen molar-refractivity contribution in [1.29, 1.82) is 0 Å². The Hall–Kier alpha value is -2.41. The molecule has 0 radical (unpaired) electrons. The van der Waals surface area contributed by atoms with Crippen molar-refractivity contribution in [3.63, 3.8) is 0 Å². The van der Waals surface area contributed by atoms with Crippen LogP contribution in [-0.4, -0.2) is 47.6 Å². The van der Waals surface area contributed by atoms with Gasteiger partial charge in [-0.3, -0.25) is 0 Å². The number of fused-ring (bicyclic) bond motifs is 1. The lowest BCUT2D eigenvalue weighted by Crippen LogP contribution is -2.46. The molecule has 0 N–H and O–H groups in total. The maximum absolute atomic E-state index is 5.50. The molecule has 0 unspecified atom stereocenters. The zero-order valence-corrected chi connectivity index (χ0v) is 15.5. The number of hydrogen-bond acceptors (Lipinski definition) is 7. The average Bonchev–Trinajstić information content (AvgIpc) is 3.07. The summed E-state index contributed by atoms with van der Waals surface area (Å²) in [5.41, 5.74) is 3.17. The number of methoxy groups -OCH3 is 1. The Kier molecular flexibility index (Phi) is 4.17. The number of aromatic nitrogens is 3. The quantitative estimate of drug-likeness (QED) is 0.720. The van der Waals surface area contributed by atoms with Crippen LogP contribution in [0.25, 0.3) is 10.9 Å². The molecular weight excluding hydrogens is 334 g/mol. The fraction of sp³-hybridized carbons (Fsp3) is 0.389. The second kappa shape index (κ2) is 6.48. The van der Waals surface area contributed by atoms with Crippen molar-refractivity contribution in [2.45, 2.75) is 13.8 Å². The van der Waals surface area contributed by atoms with E-state index in [0.29, 0.717) is 0 Å². The second-order valence-corrected chi connectivity index (χ2v) is 6.97. The van der Waals surface area contributed by atoms with Crippen molar-refractivity contribution < 1.29 is 4.74 Å². The van der Waals surface area contributed by atoms with E-state index in [1.807, 2.05) is 26.0 Å². The van der Waals surface area contributed by atoms with E-state index in [4.69, 9.17) is 4.74 Å². The number of aryl methyl sites for hydroxylation is 2. The van der Waals surface area contributed by atoms with Gasteiger partial charge in [0.05, 0.1) is 7.11 Å². The van der Waals surface area contributed by atoms with Crippen molar-refractivity contribution in [1.82, 2.24) is 14.3 Å². The molecule has 7 heteroatoms. The normalized spacial score (nSPS) is 15.0. The molecule has 4 rings (SSSR count). The Morgan fingerprint density at radius 2 is 1.80 bits per heavy atom. The minimum Gasteiger partial charge on any atom is -0.494 e. The molecule has 1 aliphatic rings. The molecule has 0 aliphatic carbocycles. The molecule has 2 aromatic heterocycles. The molecule has 6 nitrogen and oxygen atoms in total. The molecule has 0 saturated carbocycles. The maximum Gasteiger partial charge on any atom is 0.205 e. The predicted molar refractivity (Wildman–Crippen MR) is 102 cm³/mol. The molecule has 0 amide bonds. The smallest absolute Gasteiger partial charge is 0.205 e. The molecule has 1 aliphatic heterocycles. The fourth-order valence-electron chi connectivity index (χ4n) is 3.31. The van der Waals surface area contributed by atoms with Crippen LogP contribution in [-0.2, 0) is 0 Å². The van der Waals surface area contributed by atoms with Crippen LogP contribution in [0.15, 0.2) is 24.3 Å². The van der Waals surface area contributed by atoms with Gasteiger partial charge in [-0.2, -0.15) is 4.37 Å². The van der Waals surface area contributed by atoms with Gasteiger partial charge in [0.25, 0.3) is 0 Å². The highest BCUT2D eigenvalue weighted by Gasteiger charge is 2.22. The van der Waals surface area contributed by atoms with Crippen LogP contribution in [0.5, 0.6) is 5.75 Å². The number of ether oxygens (including phenoxy) is 1. The van der Waals surface area contributed by atoms with Gasteiger partial charge in [-0.15, -0.1) is 0 Å². The molecule has 25 heavy (non-hydrogen) atoms. The molecule has 0 atom stereocenters. The third-order valence-corrected chi connectivity index (χ3v) is 5.40. The van der Waals surface area contributed by atoms with Crippen LogP contribution < -0.4 is 14.5 Å². The van der Waals surface area contributed by atoms with E-state index in [0.717, 1.165) is 59.5 Å². The topological polar surface area (TPSA) is 54.4 Å². The average molecular weight is 355 g/mol. The first-order valence-electron chi connectivity index (χ1n) is 8.40. The van der Waals surface area contributed by atoms with Crippen molar-refractivity contribution in [2.24, 2.45) is 0 Å². The highest BCUT2D eigenvalue weighted by Crippen LogP contribution is 2.33. The van der Waals surface area contributed by atoms with Gasteiger partial charge < -0.3 is 14.5 Å². The maximum atomic E-state index is 5.50. The molecule has 130 valence electrons. The van der Waals surface area contributed by atoms with Crippen molar-refractivity contribution in [2.75, 3.05) is 43.1 Å². The van der Waals surface area contributed by atoms with Crippen molar-refractivity contribution in [3.05, 3.63) is 35.8 Å². The highest BCUT2D eigenvalue weighted by molar-refractivity contribution is 7.09. The number of rotatable bonds is 3. The third kappa shape index (κ3) is 3.00. The highest BCUT2D eigenvalue weighted by atomic mass is 32.1. The summed E-state index contributed by atoms with van der Waals surface area (Å²) in [6.45, 7) is 7.77. The standard InChI is InChI=1S/C18H21N5OS/c1-12-11-15(14-5-4-6-16(24-3)17(14)19-12)22-7-9-23(10-8-22)18-20-13(2)21-25-18/h4-6,11H,7-10H2,1-3H3. The van der Waals surface area contributed by atoms with E-state index in [9.17, 15) is 0 Å². The summed E-state index contributed by atoms with van der Waals surface area (Å²) in [4.78, 5) is 13.9. The summed E-state index contributed by atoms with van der Waals surface area (Å²) >= 11 is 1.48. The van der Waals surface area contributed by atoms with Gasteiger partial charge in [0.1, 0.15) is 17.1 Å². The van der Waals surface area contributed by atoms with Gasteiger partial charge in [-0.05, 0) is 26.0 Å². The number of nitrogens with zero attached hydrogens (tertiary/aromatic N) is 5. The summed E-state index contributed by atoms with van der Waals surface area (Å²) in [6.07, 6.45) is 0. The Balaban J connectivity index is 1.63. The van der Waals surface area contributed by atoms with Gasteiger partial charge in [0.2, 0.25) is 5.13 Å². The summed E-state index contributed by atoms with van der Waals surface area (Å²) in [5, 5.41) is 2.17. The monoisotopic (exact) mass is 355 g/mol. The van der Waals surface area contributed by atoms with Crippen molar-refractivity contribution in [3.8, 4) is 5.75 Å². The summed E-state index contributed by atoms with van der Waals surface area (Å²) in [7, 11) is 1.70. The number of para-hydroxylation sites is 1. The Morgan fingerprint density at radius 3 is 2.48 bits per heavy atom. The number of piperazine rings is 1. The molecule has 1 fully saturated rings.